The molecule has 4 heterocycles. The minimum absolute atomic E-state index is 0.0649. The second kappa shape index (κ2) is 7.55. The van der Waals surface area contributed by atoms with E-state index in [4.69, 9.17) is 4.98 Å². The predicted molar refractivity (Wildman–Crippen MR) is 115 cm³/mol. The van der Waals surface area contributed by atoms with E-state index in [0.29, 0.717) is 23.5 Å². The van der Waals surface area contributed by atoms with Crippen LogP contribution >= 0.6 is 0 Å². The van der Waals surface area contributed by atoms with Gasteiger partial charge in [0.25, 0.3) is 5.56 Å². The van der Waals surface area contributed by atoms with Crippen molar-refractivity contribution < 1.29 is 4.39 Å². The number of fused-ring (bicyclic) bond motifs is 1. The van der Waals surface area contributed by atoms with Gasteiger partial charge in [-0.1, -0.05) is 6.07 Å². The number of piperidine rings is 1. The van der Waals surface area contributed by atoms with Crippen LogP contribution in [0, 0.1) is 11.7 Å². The number of aromatic nitrogens is 3. The molecule has 154 valence electrons. The maximum Gasteiger partial charge on any atom is 0.255 e. The fourth-order valence-electron chi connectivity index (χ4n) is 4.74. The van der Waals surface area contributed by atoms with Crippen LogP contribution in [0.4, 0.5) is 16.0 Å². The van der Waals surface area contributed by atoms with Gasteiger partial charge in [-0.05, 0) is 48.6 Å². The van der Waals surface area contributed by atoms with Crippen LogP contribution in [0.1, 0.15) is 24.3 Å². The highest BCUT2D eigenvalue weighted by atomic mass is 19.1. The van der Waals surface area contributed by atoms with E-state index in [-0.39, 0.29) is 11.4 Å². The molecule has 2 aliphatic rings. The van der Waals surface area contributed by atoms with E-state index >= 15 is 0 Å². The molecule has 0 amide bonds. The van der Waals surface area contributed by atoms with Crippen LogP contribution in [0.15, 0.2) is 53.6 Å². The van der Waals surface area contributed by atoms with Gasteiger partial charge in [-0.25, -0.2) is 9.37 Å². The number of anilines is 2. The predicted octanol–water partition coefficient (Wildman–Crippen LogP) is 3.41. The first-order valence-corrected chi connectivity index (χ1v) is 10.4. The maximum absolute atomic E-state index is 13.5. The lowest BCUT2D eigenvalue weighted by Gasteiger charge is -2.36. The standard InChI is InChI=1S/C23H24FN5O/c1-28-22(30)13-20(16-4-8-25-9-5-16)27-23(28)29-10-6-15(7-11-29)19-14-26-21-12-17(24)2-3-18(19)21/h2-5,8-9,12-13,15,19,26H,6-7,10-11,14H2,1H3. The molecule has 2 aromatic heterocycles. The third-order valence-electron chi connectivity index (χ3n) is 6.41. The molecule has 1 N–H and O–H groups in total. The summed E-state index contributed by atoms with van der Waals surface area (Å²) >= 11 is 0. The van der Waals surface area contributed by atoms with Gasteiger partial charge in [-0.2, -0.15) is 0 Å². The lowest BCUT2D eigenvalue weighted by atomic mass is 9.81. The van der Waals surface area contributed by atoms with E-state index in [1.807, 2.05) is 18.2 Å². The molecule has 1 atom stereocenters. The Kier molecular flexibility index (Phi) is 4.73. The first kappa shape index (κ1) is 18.8. The van der Waals surface area contributed by atoms with Gasteiger partial charge < -0.3 is 10.2 Å². The summed E-state index contributed by atoms with van der Waals surface area (Å²) < 4.78 is 15.1. The summed E-state index contributed by atoms with van der Waals surface area (Å²) in [6.07, 6.45) is 5.44. The van der Waals surface area contributed by atoms with Crippen molar-refractivity contribution in [2.75, 3.05) is 29.9 Å². The summed E-state index contributed by atoms with van der Waals surface area (Å²) in [5, 5.41) is 3.36. The third-order valence-corrected chi connectivity index (χ3v) is 6.41. The number of rotatable bonds is 3. The highest BCUT2D eigenvalue weighted by Crippen LogP contribution is 2.41. The molecule has 1 unspecified atom stereocenters. The van der Waals surface area contributed by atoms with Gasteiger partial charge in [0, 0.05) is 62.3 Å². The van der Waals surface area contributed by atoms with Gasteiger partial charge in [0.15, 0.2) is 0 Å². The molecule has 1 fully saturated rings. The summed E-state index contributed by atoms with van der Waals surface area (Å²) in [6.45, 7) is 2.55. The number of nitrogens with zero attached hydrogens (tertiary/aromatic N) is 4. The zero-order valence-electron chi connectivity index (χ0n) is 16.9. The highest BCUT2D eigenvalue weighted by molar-refractivity contribution is 5.60. The largest absolute Gasteiger partial charge is 0.384 e. The van der Waals surface area contributed by atoms with E-state index in [0.717, 1.165) is 43.7 Å². The topological polar surface area (TPSA) is 63.1 Å². The molecule has 2 aliphatic heterocycles. The van der Waals surface area contributed by atoms with Gasteiger partial charge in [0.1, 0.15) is 5.82 Å². The van der Waals surface area contributed by atoms with Crippen LogP contribution in [-0.2, 0) is 7.05 Å². The lowest BCUT2D eigenvalue weighted by molar-refractivity contribution is 0.350. The van der Waals surface area contributed by atoms with Crippen LogP contribution in [0.2, 0.25) is 0 Å². The normalized spacial score (nSPS) is 18.9. The second-order valence-electron chi connectivity index (χ2n) is 8.12. The number of nitrogens with one attached hydrogen (secondary N) is 1. The smallest absolute Gasteiger partial charge is 0.255 e. The summed E-state index contributed by atoms with van der Waals surface area (Å²) in [6, 6.07) is 10.4. The summed E-state index contributed by atoms with van der Waals surface area (Å²) in [7, 11) is 1.78. The average molecular weight is 405 g/mol. The molecule has 0 bridgehead atoms. The van der Waals surface area contributed by atoms with Gasteiger partial charge >= 0.3 is 0 Å². The molecule has 0 spiro atoms. The Balaban J connectivity index is 1.35. The Labute approximate surface area is 174 Å². The van der Waals surface area contributed by atoms with Crippen LogP contribution in [-0.4, -0.2) is 34.2 Å². The molecule has 6 nitrogen and oxygen atoms in total. The molecule has 5 rings (SSSR count). The Bertz CT molecular complexity index is 1120. The molecule has 30 heavy (non-hydrogen) atoms. The van der Waals surface area contributed by atoms with E-state index in [1.54, 1.807) is 42.2 Å². The first-order valence-electron chi connectivity index (χ1n) is 10.4. The molecule has 0 saturated carbocycles. The average Bonchev–Trinajstić information content (AvgIpc) is 3.19. The Morgan fingerprint density at radius 3 is 2.63 bits per heavy atom. The minimum Gasteiger partial charge on any atom is -0.384 e. The molecule has 0 radical (unpaired) electrons. The lowest BCUT2D eigenvalue weighted by Crippen LogP contribution is -2.39. The minimum atomic E-state index is -0.196. The van der Waals surface area contributed by atoms with Crippen LogP contribution in [0.3, 0.4) is 0 Å². The molecule has 3 aromatic rings. The zero-order valence-corrected chi connectivity index (χ0v) is 16.9. The van der Waals surface area contributed by atoms with Crippen molar-refractivity contribution in [2.24, 2.45) is 13.0 Å². The molecule has 7 heteroatoms. The quantitative estimate of drug-likeness (QED) is 0.724. The number of hydrogen-bond acceptors (Lipinski definition) is 5. The zero-order chi connectivity index (χ0) is 20.7. The van der Waals surface area contributed by atoms with E-state index in [9.17, 15) is 9.18 Å². The number of halogens is 1. The molecule has 1 aromatic carbocycles. The number of hydrogen-bond donors (Lipinski definition) is 1. The van der Waals surface area contributed by atoms with Crippen molar-refractivity contribution in [3.05, 3.63) is 70.5 Å². The Hall–Kier alpha value is -3.22. The second-order valence-corrected chi connectivity index (χ2v) is 8.12. The molecular formula is C23H24FN5O. The number of pyridine rings is 1. The number of benzene rings is 1. The van der Waals surface area contributed by atoms with Crippen LogP contribution in [0.5, 0.6) is 0 Å². The molecular weight excluding hydrogens is 381 g/mol. The van der Waals surface area contributed by atoms with Gasteiger partial charge in [0.2, 0.25) is 5.95 Å². The Morgan fingerprint density at radius 2 is 1.87 bits per heavy atom. The fourth-order valence-corrected chi connectivity index (χ4v) is 4.74. The van der Waals surface area contributed by atoms with E-state index in [2.05, 4.69) is 15.2 Å². The summed E-state index contributed by atoms with van der Waals surface area (Å²) in [4.78, 5) is 23.6. The monoisotopic (exact) mass is 405 g/mol. The summed E-state index contributed by atoms with van der Waals surface area (Å²) in [5.41, 5.74) is 3.65. The van der Waals surface area contributed by atoms with Crippen molar-refractivity contribution in [1.82, 2.24) is 14.5 Å². The van der Waals surface area contributed by atoms with Crippen LogP contribution < -0.4 is 15.8 Å². The SMILES string of the molecule is Cn1c(N2CCC(C3CNc4cc(F)ccc43)CC2)nc(-c2ccncc2)cc1=O. The maximum atomic E-state index is 13.5. The van der Waals surface area contributed by atoms with E-state index in [1.165, 1.54) is 5.56 Å². The fraction of sp³-hybridized carbons (Fsp3) is 0.348. The Morgan fingerprint density at radius 1 is 1.10 bits per heavy atom. The van der Waals surface area contributed by atoms with Gasteiger partial charge in [0.05, 0.1) is 5.69 Å². The van der Waals surface area contributed by atoms with Crippen LogP contribution in [0.25, 0.3) is 11.3 Å². The van der Waals surface area contributed by atoms with Crippen molar-refractivity contribution in [2.45, 2.75) is 18.8 Å². The van der Waals surface area contributed by atoms with Crippen molar-refractivity contribution in [3.8, 4) is 11.3 Å². The van der Waals surface area contributed by atoms with E-state index < -0.39 is 0 Å². The molecule has 1 saturated heterocycles. The van der Waals surface area contributed by atoms with Crippen molar-refractivity contribution in [1.29, 1.82) is 0 Å². The van der Waals surface area contributed by atoms with Gasteiger partial charge in [-0.3, -0.25) is 14.3 Å². The highest BCUT2D eigenvalue weighted by Gasteiger charge is 2.33. The third kappa shape index (κ3) is 3.34. The molecule has 0 aliphatic carbocycles. The van der Waals surface area contributed by atoms with Crippen molar-refractivity contribution >= 4 is 11.6 Å². The van der Waals surface area contributed by atoms with Crippen molar-refractivity contribution in [3.63, 3.8) is 0 Å². The first-order chi connectivity index (χ1) is 14.6. The summed E-state index contributed by atoms with van der Waals surface area (Å²) in [5.74, 6) is 1.45. The van der Waals surface area contributed by atoms with Gasteiger partial charge in [-0.15, -0.1) is 0 Å².